The summed E-state index contributed by atoms with van der Waals surface area (Å²) in [7, 11) is 0. The number of nitrogens with zero attached hydrogens (tertiary/aromatic N) is 2. The van der Waals surface area contributed by atoms with Crippen molar-refractivity contribution in [2.75, 3.05) is 32.7 Å². The number of urea groups is 1. The zero-order valence-corrected chi connectivity index (χ0v) is 13.0. The molecule has 2 N–H and O–H groups in total. The van der Waals surface area contributed by atoms with E-state index in [0.717, 1.165) is 6.42 Å². The molecule has 0 aliphatic carbocycles. The number of carboxylic acid groups (broad SMARTS) is 1. The molecule has 0 aromatic carbocycles. The van der Waals surface area contributed by atoms with Gasteiger partial charge in [-0.25, -0.2) is 4.79 Å². The highest BCUT2D eigenvalue weighted by molar-refractivity contribution is 5.74. The van der Waals surface area contributed by atoms with Gasteiger partial charge in [-0.05, 0) is 18.8 Å². The van der Waals surface area contributed by atoms with Crippen LogP contribution in [0.4, 0.5) is 4.79 Å². The van der Waals surface area contributed by atoms with Crippen LogP contribution >= 0.6 is 0 Å². The van der Waals surface area contributed by atoms with Crippen LogP contribution in [0.25, 0.3) is 0 Å². The Labute approximate surface area is 121 Å². The molecule has 0 aromatic heterocycles. The third-order valence-electron chi connectivity index (χ3n) is 3.66. The van der Waals surface area contributed by atoms with Crippen LogP contribution < -0.4 is 5.32 Å². The minimum Gasteiger partial charge on any atom is -0.480 e. The van der Waals surface area contributed by atoms with Gasteiger partial charge in [-0.1, -0.05) is 20.8 Å². The zero-order chi connectivity index (χ0) is 15.3. The predicted molar refractivity (Wildman–Crippen MR) is 77.7 cm³/mol. The molecule has 0 saturated carbocycles. The summed E-state index contributed by atoms with van der Waals surface area (Å²) in [6.45, 7) is 11.2. The molecule has 0 aromatic rings. The number of hydrogen-bond donors (Lipinski definition) is 2. The molecular formula is C14H27N3O3. The number of nitrogens with one attached hydrogen (secondary N) is 1. The fourth-order valence-electron chi connectivity index (χ4n) is 2.12. The van der Waals surface area contributed by atoms with Crippen molar-refractivity contribution in [3.8, 4) is 0 Å². The van der Waals surface area contributed by atoms with E-state index in [2.05, 4.69) is 26.1 Å². The van der Waals surface area contributed by atoms with Crippen molar-refractivity contribution in [1.29, 1.82) is 0 Å². The van der Waals surface area contributed by atoms with E-state index in [-0.39, 0.29) is 11.4 Å². The smallest absolute Gasteiger partial charge is 0.320 e. The molecule has 6 nitrogen and oxygen atoms in total. The van der Waals surface area contributed by atoms with Crippen molar-refractivity contribution in [3.05, 3.63) is 0 Å². The Bertz CT molecular complexity index is 344. The molecule has 1 atom stereocenters. The van der Waals surface area contributed by atoms with Crippen LogP contribution in [0.3, 0.4) is 0 Å². The molecule has 6 heteroatoms. The van der Waals surface area contributed by atoms with Gasteiger partial charge in [0.1, 0.15) is 6.04 Å². The Morgan fingerprint density at radius 2 is 1.75 bits per heavy atom. The third kappa shape index (κ3) is 5.36. The van der Waals surface area contributed by atoms with Crippen LogP contribution in [0.5, 0.6) is 0 Å². The Hall–Kier alpha value is -1.30. The van der Waals surface area contributed by atoms with Crippen LogP contribution in [0.1, 0.15) is 34.1 Å². The van der Waals surface area contributed by atoms with E-state index in [9.17, 15) is 9.59 Å². The molecule has 2 amide bonds. The molecule has 0 spiro atoms. The average molecular weight is 285 g/mol. The Morgan fingerprint density at radius 1 is 1.20 bits per heavy atom. The fourth-order valence-corrected chi connectivity index (χ4v) is 2.12. The summed E-state index contributed by atoms with van der Waals surface area (Å²) in [5.41, 5.74) is 0.211. The average Bonchev–Trinajstić information content (AvgIpc) is 2.36. The van der Waals surface area contributed by atoms with E-state index in [1.54, 1.807) is 11.8 Å². The van der Waals surface area contributed by atoms with Gasteiger partial charge in [-0.3, -0.25) is 9.69 Å². The molecule has 1 aliphatic rings. The number of carbonyl (C=O) groups excluding carboxylic acids is 1. The number of carbonyl (C=O) groups is 2. The topological polar surface area (TPSA) is 72.9 Å². The van der Waals surface area contributed by atoms with Gasteiger partial charge in [0.2, 0.25) is 0 Å². The largest absolute Gasteiger partial charge is 0.480 e. The number of aliphatic carboxylic acids is 1. The summed E-state index contributed by atoms with van der Waals surface area (Å²) in [5.74, 6) is -0.812. The van der Waals surface area contributed by atoms with E-state index < -0.39 is 12.0 Å². The first-order chi connectivity index (χ1) is 9.20. The van der Waals surface area contributed by atoms with Gasteiger partial charge in [0.25, 0.3) is 0 Å². The Morgan fingerprint density at radius 3 is 2.20 bits per heavy atom. The molecule has 1 rings (SSSR count). The molecular weight excluding hydrogens is 258 g/mol. The first-order valence-electron chi connectivity index (χ1n) is 7.20. The highest BCUT2D eigenvalue weighted by Crippen LogP contribution is 2.17. The maximum Gasteiger partial charge on any atom is 0.320 e. The van der Waals surface area contributed by atoms with Crippen LogP contribution in [0.2, 0.25) is 0 Å². The summed E-state index contributed by atoms with van der Waals surface area (Å²) < 4.78 is 0. The fraction of sp³-hybridized carbons (Fsp3) is 0.857. The van der Waals surface area contributed by atoms with Crippen LogP contribution in [-0.4, -0.2) is 65.7 Å². The Kier molecular flexibility index (Phi) is 5.80. The van der Waals surface area contributed by atoms with Gasteiger partial charge >= 0.3 is 12.0 Å². The number of carboxylic acids is 1. The monoisotopic (exact) mass is 285 g/mol. The van der Waals surface area contributed by atoms with Crippen LogP contribution in [0.15, 0.2) is 0 Å². The summed E-state index contributed by atoms with van der Waals surface area (Å²) in [6, 6.07) is -0.530. The van der Waals surface area contributed by atoms with Gasteiger partial charge in [-0.2, -0.15) is 0 Å². The lowest BCUT2D eigenvalue weighted by Crippen LogP contribution is -2.55. The van der Waals surface area contributed by atoms with Crippen LogP contribution in [-0.2, 0) is 4.79 Å². The first-order valence-corrected chi connectivity index (χ1v) is 7.20. The summed E-state index contributed by atoms with van der Waals surface area (Å²) >= 11 is 0. The van der Waals surface area contributed by atoms with Gasteiger partial charge < -0.3 is 15.3 Å². The summed E-state index contributed by atoms with van der Waals surface area (Å²) in [6.07, 6.45) is 0.939. The van der Waals surface area contributed by atoms with Crippen molar-refractivity contribution in [3.63, 3.8) is 0 Å². The quantitative estimate of drug-likeness (QED) is 0.814. The maximum absolute atomic E-state index is 12.0. The van der Waals surface area contributed by atoms with Gasteiger partial charge in [-0.15, -0.1) is 0 Å². The van der Waals surface area contributed by atoms with Crippen molar-refractivity contribution >= 4 is 12.0 Å². The molecule has 20 heavy (non-hydrogen) atoms. The molecule has 1 fully saturated rings. The summed E-state index contributed by atoms with van der Waals surface area (Å²) in [4.78, 5) is 26.5. The van der Waals surface area contributed by atoms with Crippen LogP contribution in [0, 0.1) is 5.41 Å². The lowest BCUT2D eigenvalue weighted by Gasteiger charge is -2.36. The molecule has 1 unspecified atom stereocenters. The second-order valence-corrected chi connectivity index (χ2v) is 6.58. The molecule has 0 radical (unpaired) electrons. The standard InChI is InChI=1S/C14H27N3O3/c1-11(12(18)19)16-7-9-17(10-8-16)13(20)15-6-5-14(2,3)4/h11H,5-10H2,1-4H3,(H,15,20)(H,18,19). The zero-order valence-electron chi connectivity index (χ0n) is 13.0. The molecule has 1 heterocycles. The van der Waals surface area contributed by atoms with Gasteiger partial charge in [0.15, 0.2) is 0 Å². The highest BCUT2D eigenvalue weighted by Gasteiger charge is 2.27. The third-order valence-corrected chi connectivity index (χ3v) is 3.66. The molecule has 1 saturated heterocycles. The van der Waals surface area contributed by atoms with E-state index in [0.29, 0.717) is 32.7 Å². The van der Waals surface area contributed by atoms with Gasteiger partial charge in [0.05, 0.1) is 0 Å². The second kappa shape index (κ2) is 6.92. The van der Waals surface area contributed by atoms with Crippen molar-refractivity contribution < 1.29 is 14.7 Å². The van der Waals surface area contributed by atoms with Crippen molar-refractivity contribution in [2.24, 2.45) is 5.41 Å². The molecule has 0 bridgehead atoms. The SMILES string of the molecule is CC(C(=O)O)N1CCN(C(=O)NCCC(C)(C)C)CC1. The summed E-state index contributed by atoms with van der Waals surface area (Å²) in [5, 5.41) is 11.9. The molecule has 116 valence electrons. The van der Waals surface area contributed by atoms with Crippen molar-refractivity contribution in [2.45, 2.75) is 40.2 Å². The number of amides is 2. The second-order valence-electron chi connectivity index (χ2n) is 6.58. The van der Waals surface area contributed by atoms with E-state index >= 15 is 0 Å². The first kappa shape index (κ1) is 16.8. The maximum atomic E-state index is 12.0. The van der Waals surface area contributed by atoms with Gasteiger partial charge in [0, 0.05) is 32.7 Å². The lowest BCUT2D eigenvalue weighted by atomic mass is 9.92. The highest BCUT2D eigenvalue weighted by atomic mass is 16.4. The van der Waals surface area contributed by atoms with E-state index in [4.69, 9.17) is 5.11 Å². The lowest BCUT2D eigenvalue weighted by molar-refractivity contribution is -0.143. The molecule has 1 aliphatic heterocycles. The number of rotatable bonds is 4. The number of piperazine rings is 1. The normalized spacial score (nSPS) is 18.7. The number of hydrogen-bond acceptors (Lipinski definition) is 3. The predicted octanol–water partition coefficient (Wildman–Crippen LogP) is 1.22. The Balaban J connectivity index is 2.30. The minimum absolute atomic E-state index is 0.0446. The van der Waals surface area contributed by atoms with E-state index in [1.807, 2.05) is 4.90 Å². The minimum atomic E-state index is -0.812. The van der Waals surface area contributed by atoms with Crippen molar-refractivity contribution in [1.82, 2.24) is 15.1 Å². The van der Waals surface area contributed by atoms with E-state index in [1.165, 1.54) is 0 Å².